The van der Waals surface area contributed by atoms with Crippen LogP contribution in [0.25, 0.3) is 0 Å². The van der Waals surface area contributed by atoms with E-state index in [-0.39, 0.29) is 17.0 Å². The highest BCUT2D eigenvalue weighted by molar-refractivity contribution is 7.99. The van der Waals surface area contributed by atoms with E-state index in [1.54, 1.807) is 11.8 Å². The Labute approximate surface area is 197 Å². The molecular formula is C28H34O3S. The van der Waals surface area contributed by atoms with Crippen LogP contribution < -0.4 is 4.74 Å². The summed E-state index contributed by atoms with van der Waals surface area (Å²) in [5.74, 6) is 8.55. The van der Waals surface area contributed by atoms with Gasteiger partial charge in [-0.2, -0.15) is 0 Å². The van der Waals surface area contributed by atoms with Crippen molar-refractivity contribution in [1.29, 1.82) is 0 Å². The van der Waals surface area contributed by atoms with Gasteiger partial charge in [0, 0.05) is 28.0 Å². The van der Waals surface area contributed by atoms with E-state index in [2.05, 4.69) is 58.6 Å². The first-order chi connectivity index (χ1) is 15.1. The minimum Gasteiger partial charge on any atom is -0.487 e. The summed E-state index contributed by atoms with van der Waals surface area (Å²) >= 11 is 1.80. The smallest absolute Gasteiger partial charge is 0.306 e. The van der Waals surface area contributed by atoms with Gasteiger partial charge in [-0.15, -0.1) is 11.8 Å². The largest absolute Gasteiger partial charge is 0.487 e. The van der Waals surface area contributed by atoms with Crippen LogP contribution in [0.15, 0.2) is 41.3 Å². The number of esters is 1. The lowest BCUT2D eigenvalue weighted by Gasteiger charge is -2.42. The quantitative estimate of drug-likeness (QED) is 0.285. The fraction of sp³-hybridized carbons (Fsp3) is 0.464. The zero-order valence-corrected chi connectivity index (χ0v) is 20.9. The summed E-state index contributed by atoms with van der Waals surface area (Å²) < 4.78 is 11.3. The third kappa shape index (κ3) is 6.11. The van der Waals surface area contributed by atoms with Gasteiger partial charge < -0.3 is 9.47 Å². The summed E-state index contributed by atoms with van der Waals surface area (Å²) in [4.78, 5) is 12.7. The fourth-order valence-corrected chi connectivity index (χ4v) is 5.18. The van der Waals surface area contributed by atoms with Crippen LogP contribution in [0.4, 0.5) is 0 Å². The van der Waals surface area contributed by atoms with Crippen LogP contribution in [-0.4, -0.2) is 23.9 Å². The number of benzene rings is 2. The summed E-state index contributed by atoms with van der Waals surface area (Å²) in [7, 11) is 0. The number of carbonyl (C=O) groups excluding carboxylic acids is 1. The maximum Gasteiger partial charge on any atom is 0.306 e. The van der Waals surface area contributed by atoms with Crippen LogP contribution in [0.3, 0.4) is 0 Å². The first-order valence-electron chi connectivity index (χ1n) is 11.4. The van der Waals surface area contributed by atoms with Crippen LogP contribution in [0.1, 0.15) is 76.6 Å². The van der Waals surface area contributed by atoms with E-state index in [1.807, 2.05) is 31.2 Å². The molecule has 1 aliphatic rings. The summed E-state index contributed by atoms with van der Waals surface area (Å²) in [5.41, 5.74) is 4.22. The van der Waals surface area contributed by atoms with Crippen LogP contribution in [0.2, 0.25) is 0 Å². The van der Waals surface area contributed by atoms with E-state index in [0.717, 1.165) is 34.6 Å². The van der Waals surface area contributed by atoms with Crippen LogP contribution >= 0.6 is 11.8 Å². The number of aryl methyl sites for hydroxylation is 1. The Kier molecular flexibility index (Phi) is 7.62. The molecule has 2 aromatic carbocycles. The van der Waals surface area contributed by atoms with Crippen molar-refractivity contribution in [1.82, 2.24) is 0 Å². The normalized spacial score (nSPS) is 15.7. The third-order valence-electron chi connectivity index (χ3n) is 5.58. The van der Waals surface area contributed by atoms with Gasteiger partial charge in [0.2, 0.25) is 0 Å². The second kappa shape index (κ2) is 10.0. The number of rotatable bonds is 6. The monoisotopic (exact) mass is 450 g/mol. The molecule has 0 amide bonds. The average Bonchev–Trinajstić information content (AvgIpc) is 2.71. The lowest BCUT2D eigenvalue weighted by molar-refractivity contribution is -0.143. The Balaban J connectivity index is 1.84. The molecule has 0 N–H and O–H groups in total. The Morgan fingerprint density at radius 3 is 2.47 bits per heavy atom. The summed E-state index contributed by atoms with van der Waals surface area (Å²) in [5, 5.41) is 0. The van der Waals surface area contributed by atoms with Gasteiger partial charge in [0.1, 0.15) is 11.4 Å². The van der Waals surface area contributed by atoms with Crippen molar-refractivity contribution in [3.8, 4) is 17.6 Å². The topological polar surface area (TPSA) is 35.5 Å². The van der Waals surface area contributed by atoms with Gasteiger partial charge in [0.05, 0.1) is 6.61 Å². The molecule has 0 aliphatic carbocycles. The predicted octanol–water partition coefficient (Wildman–Crippen LogP) is 6.53. The van der Waals surface area contributed by atoms with Crippen molar-refractivity contribution in [3.05, 3.63) is 58.7 Å². The van der Waals surface area contributed by atoms with Gasteiger partial charge in [0.25, 0.3) is 0 Å². The van der Waals surface area contributed by atoms with Crippen LogP contribution in [0.5, 0.6) is 5.75 Å². The summed E-state index contributed by atoms with van der Waals surface area (Å²) in [6.45, 7) is 13.3. The van der Waals surface area contributed by atoms with Crippen molar-refractivity contribution < 1.29 is 14.3 Å². The Morgan fingerprint density at radius 2 is 1.81 bits per heavy atom. The van der Waals surface area contributed by atoms with E-state index >= 15 is 0 Å². The lowest BCUT2D eigenvalue weighted by Crippen LogP contribution is -2.41. The maximum absolute atomic E-state index is 11.6. The molecule has 1 aliphatic heterocycles. The van der Waals surface area contributed by atoms with Gasteiger partial charge in [-0.3, -0.25) is 4.79 Å². The van der Waals surface area contributed by atoms with Crippen molar-refractivity contribution in [3.63, 3.8) is 0 Å². The molecule has 2 aromatic rings. The average molecular weight is 451 g/mol. The van der Waals surface area contributed by atoms with Gasteiger partial charge in [-0.25, -0.2) is 0 Å². The highest BCUT2D eigenvalue weighted by Crippen LogP contribution is 2.46. The Morgan fingerprint density at radius 1 is 1.09 bits per heavy atom. The van der Waals surface area contributed by atoms with Gasteiger partial charge in [-0.1, -0.05) is 44.7 Å². The number of carbonyl (C=O) groups is 1. The number of ether oxygens (including phenoxy) is 2. The number of thioether (sulfide) groups is 1. The second-order valence-corrected chi connectivity index (χ2v) is 10.8. The standard InChI is InChI=1S/C28H34O3S/c1-7-30-26(29)16-14-21-11-9-20(10-12-21)13-15-22-17-23-24(18-25(22)32-8-2)31-28(5,6)19-27(23,3)4/h9-12,17-18H,7-8,14,16,19H2,1-6H3. The van der Waals surface area contributed by atoms with Crippen LogP contribution in [-0.2, 0) is 21.4 Å². The molecule has 0 saturated heterocycles. The van der Waals surface area contributed by atoms with E-state index in [1.165, 1.54) is 10.5 Å². The van der Waals surface area contributed by atoms with E-state index < -0.39 is 0 Å². The minimum atomic E-state index is -0.174. The molecule has 0 aromatic heterocycles. The molecule has 0 spiro atoms. The second-order valence-electron chi connectivity index (χ2n) is 9.45. The molecule has 3 nitrogen and oxygen atoms in total. The van der Waals surface area contributed by atoms with E-state index in [4.69, 9.17) is 9.47 Å². The molecule has 0 radical (unpaired) electrons. The maximum atomic E-state index is 11.6. The van der Waals surface area contributed by atoms with Crippen molar-refractivity contribution >= 4 is 17.7 Å². The minimum absolute atomic E-state index is 0.0312. The molecule has 0 bridgehead atoms. The van der Waals surface area contributed by atoms with Crippen LogP contribution in [0, 0.1) is 11.8 Å². The molecule has 0 fully saturated rings. The zero-order valence-electron chi connectivity index (χ0n) is 20.1. The lowest BCUT2D eigenvalue weighted by atomic mass is 9.73. The Hall–Kier alpha value is -2.38. The van der Waals surface area contributed by atoms with Gasteiger partial charge in [0.15, 0.2) is 0 Å². The number of fused-ring (bicyclic) bond motifs is 1. The Bertz CT molecular complexity index is 1020. The number of hydrogen-bond acceptors (Lipinski definition) is 4. The third-order valence-corrected chi connectivity index (χ3v) is 6.52. The highest BCUT2D eigenvalue weighted by atomic mass is 32.2. The molecule has 0 unspecified atom stereocenters. The molecule has 4 heteroatoms. The molecule has 1 heterocycles. The van der Waals surface area contributed by atoms with E-state index in [0.29, 0.717) is 19.4 Å². The van der Waals surface area contributed by atoms with E-state index in [9.17, 15) is 4.79 Å². The number of hydrogen-bond donors (Lipinski definition) is 0. The van der Waals surface area contributed by atoms with Crippen molar-refractivity contribution in [2.45, 2.75) is 76.7 Å². The molecular weight excluding hydrogens is 416 g/mol. The molecule has 0 saturated carbocycles. The highest BCUT2D eigenvalue weighted by Gasteiger charge is 2.39. The molecule has 3 rings (SSSR count). The van der Waals surface area contributed by atoms with Gasteiger partial charge >= 0.3 is 5.97 Å². The zero-order chi connectivity index (χ0) is 23.4. The molecule has 32 heavy (non-hydrogen) atoms. The van der Waals surface area contributed by atoms with Crippen molar-refractivity contribution in [2.75, 3.05) is 12.4 Å². The summed E-state index contributed by atoms with van der Waals surface area (Å²) in [6, 6.07) is 12.5. The first kappa shape index (κ1) is 24.3. The fourth-order valence-electron chi connectivity index (χ4n) is 4.41. The molecule has 170 valence electrons. The van der Waals surface area contributed by atoms with Crippen molar-refractivity contribution in [2.24, 2.45) is 0 Å². The molecule has 0 atom stereocenters. The predicted molar refractivity (Wildman–Crippen MR) is 133 cm³/mol. The summed E-state index contributed by atoms with van der Waals surface area (Å²) in [6.07, 6.45) is 2.05. The SMILES string of the molecule is CCOC(=O)CCc1ccc(C#Cc2cc3c(cc2SCC)OC(C)(C)CC3(C)C)cc1. The van der Waals surface area contributed by atoms with Gasteiger partial charge in [-0.05, 0) is 74.6 Å². The first-order valence-corrected chi connectivity index (χ1v) is 12.4.